The summed E-state index contributed by atoms with van der Waals surface area (Å²) < 4.78 is 0. The maximum atomic E-state index is 4.18. The van der Waals surface area contributed by atoms with Gasteiger partial charge in [-0.3, -0.25) is 0 Å². The van der Waals surface area contributed by atoms with Gasteiger partial charge in [0, 0.05) is 20.3 Å². The first-order chi connectivity index (χ1) is 4.72. The van der Waals surface area contributed by atoms with Crippen LogP contribution in [-0.4, -0.2) is 19.1 Å². The molecule has 0 unspecified atom stereocenters. The molecule has 54 valence electrons. The van der Waals surface area contributed by atoms with Crippen LogP contribution in [0.1, 0.15) is 0 Å². The molecule has 0 fully saturated rings. The number of nitrogens with zero attached hydrogens (tertiary/aromatic N) is 2. The summed E-state index contributed by atoms with van der Waals surface area (Å²) in [6.45, 7) is 0. The summed E-state index contributed by atoms with van der Waals surface area (Å²) >= 11 is 4.18. The minimum Gasteiger partial charge on any atom is -0.375 e. The van der Waals surface area contributed by atoms with Gasteiger partial charge in [-0.15, -0.1) is 12.6 Å². The molecule has 3 heteroatoms. The van der Waals surface area contributed by atoms with Crippen molar-refractivity contribution in [3.8, 4) is 0 Å². The van der Waals surface area contributed by atoms with Gasteiger partial charge in [0.15, 0.2) is 0 Å². The number of hydrogen-bond acceptors (Lipinski definition) is 3. The zero-order valence-corrected chi connectivity index (χ0v) is 6.97. The van der Waals surface area contributed by atoms with Crippen molar-refractivity contribution in [2.75, 3.05) is 19.0 Å². The number of rotatable bonds is 1. The molecule has 10 heavy (non-hydrogen) atoms. The number of hydrogen-bond donors (Lipinski definition) is 1. The highest BCUT2D eigenvalue weighted by atomic mass is 32.1. The maximum Gasteiger partial charge on any atom is 0.116 e. The highest BCUT2D eigenvalue weighted by molar-refractivity contribution is 7.80. The van der Waals surface area contributed by atoms with Gasteiger partial charge >= 0.3 is 0 Å². The molecule has 0 aliphatic heterocycles. The van der Waals surface area contributed by atoms with Gasteiger partial charge in [-0.25, -0.2) is 4.98 Å². The molecule has 0 aliphatic rings. The second-order valence-corrected chi connectivity index (χ2v) is 2.66. The Bertz CT molecular complexity index is 223. The Morgan fingerprint density at radius 3 is 2.60 bits per heavy atom. The minimum atomic E-state index is 0.771. The lowest BCUT2D eigenvalue weighted by molar-refractivity contribution is 1.04. The van der Waals surface area contributed by atoms with Crippen LogP contribution in [0.15, 0.2) is 23.4 Å². The average molecular weight is 154 g/mol. The van der Waals surface area contributed by atoms with Crippen LogP contribution in [0, 0.1) is 0 Å². The Labute approximate surface area is 66.3 Å². The van der Waals surface area contributed by atoms with Gasteiger partial charge in [0.1, 0.15) is 5.03 Å². The quantitative estimate of drug-likeness (QED) is 0.616. The lowest BCUT2D eigenvalue weighted by Crippen LogP contribution is -2.09. The highest BCUT2D eigenvalue weighted by Crippen LogP contribution is 2.17. The molecule has 0 radical (unpaired) electrons. The zero-order chi connectivity index (χ0) is 7.56. The number of pyridine rings is 1. The molecular formula is C7H10N2S. The molecule has 0 atom stereocenters. The molecule has 1 rings (SSSR count). The van der Waals surface area contributed by atoms with Crippen LogP contribution in [0.25, 0.3) is 0 Å². The molecule has 1 aromatic heterocycles. The van der Waals surface area contributed by atoms with Crippen molar-refractivity contribution in [3.05, 3.63) is 18.3 Å². The van der Waals surface area contributed by atoms with E-state index in [4.69, 9.17) is 0 Å². The van der Waals surface area contributed by atoms with Crippen molar-refractivity contribution in [2.24, 2.45) is 0 Å². The first-order valence-electron chi connectivity index (χ1n) is 3.03. The lowest BCUT2D eigenvalue weighted by atomic mass is 10.4. The van der Waals surface area contributed by atoms with E-state index in [-0.39, 0.29) is 0 Å². The van der Waals surface area contributed by atoms with Gasteiger partial charge < -0.3 is 4.90 Å². The van der Waals surface area contributed by atoms with E-state index in [0.717, 1.165) is 10.7 Å². The number of thiol groups is 1. The van der Waals surface area contributed by atoms with E-state index in [1.165, 1.54) is 0 Å². The summed E-state index contributed by atoms with van der Waals surface area (Å²) in [5.41, 5.74) is 1.05. The largest absolute Gasteiger partial charge is 0.375 e. The second-order valence-electron chi connectivity index (χ2n) is 2.24. The van der Waals surface area contributed by atoms with E-state index in [9.17, 15) is 0 Å². The van der Waals surface area contributed by atoms with E-state index in [0.29, 0.717) is 0 Å². The summed E-state index contributed by atoms with van der Waals surface area (Å²) in [7, 11) is 3.94. The van der Waals surface area contributed by atoms with Crippen LogP contribution in [0.4, 0.5) is 5.69 Å². The fraction of sp³-hybridized carbons (Fsp3) is 0.286. The molecule has 0 saturated carbocycles. The Morgan fingerprint density at radius 2 is 2.20 bits per heavy atom. The van der Waals surface area contributed by atoms with Crippen molar-refractivity contribution < 1.29 is 0 Å². The Morgan fingerprint density at radius 1 is 1.50 bits per heavy atom. The Hall–Kier alpha value is -0.700. The molecule has 0 aromatic carbocycles. The normalized spacial score (nSPS) is 9.50. The fourth-order valence-electron chi connectivity index (χ4n) is 0.738. The van der Waals surface area contributed by atoms with Crippen molar-refractivity contribution in [2.45, 2.75) is 5.03 Å². The molecule has 0 aliphatic carbocycles. The van der Waals surface area contributed by atoms with Crippen LogP contribution < -0.4 is 4.90 Å². The first-order valence-corrected chi connectivity index (χ1v) is 3.48. The summed E-state index contributed by atoms with van der Waals surface area (Å²) in [5, 5.41) is 0.771. The maximum absolute atomic E-state index is 4.18. The number of anilines is 1. The van der Waals surface area contributed by atoms with Crippen LogP contribution in [0.2, 0.25) is 0 Å². The van der Waals surface area contributed by atoms with E-state index in [1.54, 1.807) is 6.20 Å². The molecule has 0 amide bonds. The zero-order valence-electron chi connectivity index (χ0n) is 6.07. The van der Waals surface area contributed by atoms with Gasteiger partial charge in [-0.05, 0) is 12.1 Å². The van der Waals surface area contributed by atoms with Gasteiger partial charge in [-0.2, -0.15) is 0 Å². The molecule has 1 aromatic rings. The predicted molar refractivity (Wildman–Crippen MR) is 45.8 cm³/mol. The first kappa shape index (κ1) is 7.41. The Kier molecular flexibility index (Phi) is 2.17. The fourth-order valence-corrected chi connectivity index (χ4v) is 1.08. The predicted octanol–water partition coefficient (Wildman–Crippen LogP) is 1.44. The van der Waals surface area contributed by atoms with Crippen molar-refractivity contribution in [1.82, 2.24) is 4.98 Å². The van der Waals surface area contributed by atoms with Gasteiger partial charge in [-0.1, -0.05) is 0 Å². The topological polar surface area (TPSA) is 16.1 Å². The van der Waals surface area contributed by atoms with E-state index >= 15 is 0 Å². The second kappa shape index (κ2) is 2.92. The number of aromatic nitrogens is 1. The van der Waals surface area contributed by atoms with Crippen LogP contribution >= 0.6 is 12.6 Å². The van der Waals surface area contributed by atoms with Crippen LogP contribution in [0.3, 0.4) is 0 Å². The van der Waals surface area contributed by atoms with E-state index < -0.39 is 0 Å². The van der Waals surface area contributed by atoms with E-state index in [1.807, 2.05) is 31.1 Å². The minimum absolute atomic E-state index is 0.771. The lowest BCUT2D eigenvalue weighted by Gasteiger charge is -2.12. The van der Waals surface area contributed by atoms with Crippen molar-refractivity contribution in [1.29, 1.82) is 0 Å². The molecular weight excluding hydrogens is 144 g/mol. The molecule has 2 nitrogen and oxygen atoms in total. The van der Waals surface area contributed by atoms with Crippen molar-refractivity contribution >= 4 is 18.3 Å². The van der Waals surface area contributed by atoms with Gasteiger partial charge in [0.2, 0.25) is 0 Å². The Balaban J connectivity index is 3.03. The smallest absolute Gasteiger partial charge is 0.116 e. The molecule has 0 N–H and O–H groups in total. The highest BCUT2D eigenvalue weighted by Gasteiger charge is 1.98. The summed E-state index contributed by atoms with van der Waals surface area (Å²) in [5.74, 6) is 0. The van der Waals surface area contributed by atoms with Gasteiger partial charge in [0.25, 0.3) is 0 Å². The monoisotopic (exact) mass is 154 g/mol. The van der Waals surface area contributed by atoms with E-state index in [2.05, 4.69) is 17.6 Å². The standard InChI is InChI=1S/C7H10N2S/c1-9(2)6-4-3-5-8-7(6)10/h3-5H,1-2H3,(H,8,10). The van der Waals surface area contributed by atoms with Crippen LogP contribution in [0.5, 0.6) is 0 Å². The summed E-state index contributed by atoms with van der Waals surface area (Å²) in [6, 6.07) is 3.88. The molecule has 0 saturated heterocycles. The third-order valence-electron chi connectivity index (χ3n) is 1.25. The molecule has 0 bridgehead atoms. The SMILES string of the molecule is CN(C)c1cccnc1S. The molecule has 1 heterocycles. The summed E-state index contributed by atoms with van der Waals surface area (Å²) in [6.07, 6.45) is 1.73. The van der Waals surface area contributed by atoms with Gasteiger partial charge in [0.05, 0.1) is 5.69 Å². The third kappa shape index (κ3) is 1.42. The van der Waals surface area contributed by atoms with Crippen LogP contribution in [-0.2, 0) is 0 Å². The summed E-state index contributed by atoms with van der Waals surface area (Å²) in [4.78, 5) is 6.00. The third-order valence-corrected chi connectivity index (χ3v) is 1.59. The van der Waals surface area contributed by atoms with Crippen molar-refractivity contribution in [3.63, 3.8) is 0 Å². The average Bonchev–Trinajstić information content (AvgIpc) is 1.88. The molecule has 0 spiro atoms.